The van der Waals surface area contributed by atoms with Crippen LogP contribution >= 0.6 is 15.9 Å². The molecule has 0 N–H and O–H groups in total. The molecule has 0 heterocycles. The molecule has 2 unspecified atom stereocenters. The van der Waals surface area contributed by atoms with Crippen LogP contribution in [0.5, 0.6) is 0 Å². The van der Waals surface area contributed by atoms with Crippen molar-refractivity contribution in [3.05, 3.63) is 22.7 Å². The SMILES string of the molecule is C#CCBr.[C-]#[N+]C(C)=C1CC2CCC(C1)C2. The maximum Gasteiger partial charge on any atom is 0.161 e. The lowest BCUT2D eigenvalue weighted by molar-refractivity contribution is 0.424. The van der Waals surface area contributed by atoms with Gasteiger partial charge in [0.1, 0.15) is 0 Å². The minimum absolute atomic E-state index is 0.660. The van der Waals surface area contributed by atoms with Crippen molar-refractivity contribution in [1.29, 1.82) is 0 Å². The lowest BCUT2D eigenvalue weighted by Crippen LogP contribution is -2.08. The van der Waals surface area contributed by atoms with E-state index in [-0.39, 0.29) is 0 Å². The summed E-state index contributed by atoms with van der Waals surface area (Å²) in [6.45, 7) is 8.94. The zero-order chi connectivity index (χ0) is 12.0. The molecule has 2 bridgehead atoms. The summed E-state index contributed by atoms with van der Waals surface area (Å²) in [7, 11) is 0. The van der Waals surface area contributed by atoms with Crippen LogP contribution in [0.1, 0.15) is 39.0 Å². The summed E-state index contributed by atoms with van der Waals surface area (Å²) < 4.78 is 0. The quantitative estimate of drug-likeness (QED) is 0.352. The van der Waals surface area contributed by atoms with Crippen LogP contribution in [0.2, 0.25) is 0 Å². The summed E-state index contributed by atoms with van der Waals surface area (Å²) >= 11 is 3.01. The molecule has 0 aromatic rings. The van der Waals surface area contributed by atoms with E-state index in [1.807, 2.05) is 6.92 Å². The predicted octanol–water partition coefficient (Wildman–Crippen LogP) is 4.40. The Labute approximate surface area is 107 Å². The Balaban J connectivity index is 0.000000280. The van der Waals surface area contributed by atoms with Crippen LogP contribution in [0.3, 0.4) is 0 Å². The van der Waals surface area contributed by atoms with E-state index in [0.29, 0.717) is 5.33 Å². The van der Waals surface area contributed by atoms with E-state index in [2.05, 4.69) is 26.7 Å². The lowest BCUT2D eigenvalue weighted by atomic mass is 9.84. The van der Waals surface area contributed by atoms with Crippen LogP contribution in [-0.4, -0.2) is 5.33 Å². The molecule has 2 fully saturated rings. The number of hydrogen-bond donors (Lipinski definition) is 0. The third kappa shape index (κ3) is 3.69. The molecule has 2 heteroatoms. The van der Waals surface area contributed by atoms with E-state index in [1.54, 1.807) is 0 Å². The van der Waals surface area contributed by atoms with E-state index >= 15 is 0 Å². The Morgan fingerprint density at radius 3 is 2.38 bits per heavy atom. The number of allylic oxidation sites excluding steroid dienone is 2. The van der Waals surface area contributed by atoms with Crippen LogP contribution in [0, 0.1) is 30.8 Å². The highest BCUT2D eigenvalue weighted by atomic mass is 79.9. The van der Waals surface area contributed by atoms with Gasteiger partial charge < -0.3 is 0 Å². The molecule has 2 aliphatic rings. The second-order valence-electron chi connectivity index (χ2n) is 4.59. The lowest BCUT2D eigenvalue weighted by Gasteiger charge is -2.22. The highest BCUT2D eigenvalue weighted by Gasteiger charge is 2.31. The van der Waals surface area contributed by atoms with Crippen molar-refractivity contribution >= 4 is 15.9 Å². The van der Waals surface area contributed by atoms with Gasteiger partial charge >= 0.3 is 0 Å². The number of terminal acetylenes is 1. The van der Waals surface area contributed by atoms with Gasteiger partial charge in [-0.2, -0.15) is 0 Å². The third-order valence-corrected chi connectivity index (χ3v) is 3.80. The molecule has 0 aliphatic heterocycles. The Kier molecular flexibility index (Phi) is 5.64. The summed E-state index contributed by atoms with van der Waals surface area (Å²) in [6.07, 6.45) is 11.5. The van der Waals surface area contributed by atoms with Crippen LogP contribution in [-0.2, 0) is 0 Å². The Morgan fingerprint density at radius 2 is 2.00 bits per heavy atom. The smallest absolute Gasteiger partial charge is 0.161 e. The Bertz CT molecular complexity index is 329. The van der Waals surface area contributed by atoms with Gasteiger partial charge in [0, 0.05) is 0 Å². The fourth-order valence-corrected chi connectivity index (χ4v) is 2.70. The molecule has 0 aromatic heterocycles. The van der Waals surface area contributed by atoms with Crippen LogP contribution in [0.25, 0.3) is 4.85 Å². The molecular weight excluding hydrogens is 262 g/mol. The normalized spacial score (nSPS) is 26.1. The summed E-state index contributed by atoms with van der Waals surface area (Å²) in [5.41, 5.74) is 2.44. The van der Waals surface area contributed by atoms with Gasteiger partial charge in [-0.3, -0.25) is 0 Å². The summed E-state index contributed by atoms with van der Waals surface area (Å²) in [5, 5.41) is 0.660. The maximum absolute atomic E-state index is 6.96. The molecule has 0 radical (unpaired) electrons. The molecule has 2 rings (SSSR count). The fourth-order valence-electron chi connectivity index (χ4n) is 2.70. The van der Waals surface area contributed by atoms with Gasteiger partial charge in [0.2, 0.25) is 0 Å². The highest BCUT2D eigenvalue weighted by molar-refractivity contribution is 9.09. The van der Waals surface area contributed by atoms with Gasteiger partial charge in [-0.05, 0) is 50.9 Å². The summed E-state index contributed by atoms with van der Waals surface area (Å²) in [5.74, 6) is 4.20. The topological polar surface area (TPSA) is 4.36 Å². The first-order valence-corrected chi connectivity index (χ1v) is 6.88. The van der Waals surface area contributed by atoms with Crippen molar-refractivity contribution in [2.45, 2.75) is 39.0 Å². The maximum atomic E-state index is 6.96. The van der Waals surface area contributed by atoms with Gasteiger partial charge in [0.25, 0.3) is 0 Å². The third-order valence-electron chi connectivity index (χ3n) is 3.48. The molecule has 2 saturated carbocycles. The Hall–Kier alpha value is -0.730. The molecular formula is C14H18BrN. The summed E-state index contributed by atoms with van der Waals surface area (Å²) in [6, 6.07) is 0. The first-order chi connectivity index (χ1) is 7.71. The first-order valence-electron chi connectivity index (χ1n) is 5.76. The van der Waals surface area contributed by atoms with Gasteiger partial charge in [-0.25, -0.2) is 4.85 Å². The van der Waals surface area contributed by atoms with Gasteiger partial charge in [0.05, 0.1) is 11.9 Å². The first kappa shape index (κ1) is 13.3. The standard InChI is InChI=1S/C11H15N.C3H3Br/c1-8(12-2)11-6-9-3-4-10(5-9)7-11;1-2-3-4/h9-10H,3-7H2,1H3;1H,3H2. The molecule has 16 heavy (non-hydrogen) atoms. The van der Waals surface area contributed by atoms with Gasteiger partial charge in [-0.15, -0.1) is 6.42 Å². The average molecular weight is 280 g/mol. The average Bonchev–Trinajstić information content (AvgIpc) is 2.67. The van der Waals surface area contributed by atoms with Crippen molar-refractivity contribution < 1.29 is 0 Å². The summed E-state index contributed by atoms with van der Waals surface area (Å²) in [4.78, 5) is 3.54. The number of hydrogen-bond acceptors (Lipinski definition) is 0. The van der Waals surface area contributed by atoms with E-state index in [0.717, 1.165) is 17.5 Å². The molecule has 0 aromatic carbocycles. The monoisotopic (exact) mass is 279 g/mol. The minimum atomic E-state index is 0.660. The second-order valence-corrected chi connectivity index (χ2v) is 5.15. The van der Waals surface area contributed by atoms with E-state index < -0.39 is 0 Å². The van der Waals surface area contributed by atoms with Gasteiger partial charge in [0.15, 0.2) is 5.70 Å². The van der Waals surface area contributed by atoms with Crippen LogP contribution in [0.4, 0.5) is 0 Å². The molecule has 0 amide bonds. The largest absolute Gasteiger partial charge is 0.243 e. The number of fused-ring (bicyclic) bond motifs is 2. The zero-order valence-electron chi connectivity index (χ0n) is 9.80. The molecule has 1 nitrogen and oxygen atoms in total. The second kappa shape index (κ2) is 6.77. The van der Waals surface area contributed by atoms with Crippen molar-refractivity contribution in [3.63, 3.8) is 0 Å². The number of alkyl halides is 1. The molecule has 0 spiro atoms. The predicted molar refractivity (Wildman–Crippen MR) is 72.0 cm³/mol. The van der Waals surface area contributed by atoms with Crippen LogP contribution < -0.4 is 0 Å². The number of nitrogens with zero attached hydrogens (tertiary/aromatic N) is 1. The van der Waals surface area contributed by atoms with Crippen molar-refractivity contribution in [2.75, 3.05) is 5.33 Å². The minimum Gasteiger partial charge on any atom is -0.243 e. The van der Waals surface area contributed by atoms with Crippen molar-refractivity contribution in [3.8, 4) is 12.3 Å². The molecule has 86 valence electrons. The Morgan fingerprint density at radius 1 is 1.50 bits per heavy atom. The van der Waals surface area contributed by atoms with Crippen LogP contribution in [0.15, 0.2) is 11.3 Å². The van der Waals surface area contributed by atoms with E-state index in [1.165, 1.54) is 37.7 Å². The van der Waals surface area contributed by atoms with Gasteiger partial charge in [-0.1, -0.05) is 27.4 Å². The van der Waals surface area contributed by atoms with E-state index in [9.17, 15) is 0 Å². The zero-order valence-corrected chi connectivity index (χ0v) is 11.4. The molecule has 2 aliphatic carbocycles. The van der Waals surface area contributed by atoms with E-state index in [4.69, 9.17) is 13.0 Å². The highest BCUT2D eigenvalue weighted by Crippen LogP contribution is 2.45. The molecule has 0 saturated heterocycles. The fraction of sp³-hybridized carbons (Fsp3) is 0.643. The number of halogens is 1. The number of rotatable bonds is 0. The van der Waals surface area contributed by atoms with Crippen molar-refractivity contribution in [1.82, 2.24) is 0 Å². The molecule has 2 atom stereocenters. The van der Waals surface area contributed by atoms with Crippen molar-refractivity contribution in [2.24, 2.45) is 11.8 Å².